The van der Waals surface area contributed by atoms with Gasteiger partial charge < -0.3 is 14.6 Å². The van der Waals surface area contributed by atoms with Gasteiger partial charge in [0, 0.05) is 36.5 Å². The number of aromatic nitrogens is 1. The third-order valence-corrected chi connectivity index (χ3v) is 5.16. The van der Waals surface area contributed by atoms with Crippen LogP contribution in [-0.4, -0.2) is 24.0 Å². The van der Waals surface area contributed by atoms with E-state index < -0.39 is 0 Å². The summed E-state index contributed by atoms with van der Waals surface area (Å²) >= 11 is 6.13. The lowest BCUT2D eigenvalue weighted by Crippen LogP contribution is -2.21. The van der Waals surface area contributed by atoms with E-state index in [1.807, 2.05) is 12.1 Å². The SMILES string of the molecule is O=C(CCc1ncc(-c2ccc(F)cc2)o1)Nc1cc(Cl)ccc1N1CCCC1. The summed E-state index contributed by atoms with van der Waals surface area (Å²) in [5, 5.41) is 3.55. The molecule has 150 valence electrons. The van der Waals surface area contributed by atoms with E-state index in [2.05, 4.69) is 15.2 Å². The molecule has 0 radical (unpaired) electrons. The van der Waals surface area contributed by atoms with Gasteiger partial charge in [-0.2, -0.15) is 0 Å². The molecule has 29 heavy (non-hydrogen) atoms. The summed E-state index contributed by atoms with van der Waals surface area (Å²) in [5.41, 5.74) is 2.46. The van der Waals surface area contributed by atoms with E-state index in [1.165, 1.54) is 12.1 Å². The number of carbonyl (C=O) groups is 1. The van der Waals surface area contributed by atoms with Gasteiger partial charge in [-0.1, -0.05) is 11.6 Å². The summed E-state index contributed by atoms with van der Waals surface area (Å²) in [4.78, 5) is 19.0. The molecule has 1 amide bonds. The zero-order valence-corrected chi connectivity index (χ0v) is 16.6. The zero-order chi connectivity index (χ0) is 20.2. The lowest BCUT2D eigenvalue weighted by molar-refractivity contribution is -0.116. The largest absolute Gasteiger partial charge is 0.441 e. The van der Waals surface area contributed by atoms with E-state index in [9.17, 15) is 9.18 Å². The molecule has 1 saturated heterocycles. The Kier molecular flexibility index (Phi) is 5.81. The monoisotopic (exact) mass is 413 g/mol. The molecule has 0 saturated carbocycles. The lowest BCUT2D eigenvalue weighted by atomic mass is 10.2. The second kappa shape index (κ2) is 8.66. The molecule has 4 rings (SSSR count). The topological polar surface area (TPSA) is 58.4 Å². The zero-order valence-electron chi connectivity index (χ0n) is 15.8. The van der Waals surface area contributed by atoms with Gasteiger partial charge in [0.1, 0.15) is 5.82 Å². The second-order valence-electron chi connectivity index (χ2n) is 7.03. The minimum atomic E-state index is -0.306. The van der Waals surface area contributed by atoms with Crippen molar-refractivity contribution < 1.29 is 13.6 Å². The summed E-state index contributed by atoms with van der Waals surface area (Å²) in [5.74, 6) is 0.575. The van der Waals surface area contributed by atoms with Crippen molar-refractivity contribution in [3.05, 3.63) is 65.4 Å². The van der Waals surface area contributed by atoms with Crippen LogP contribution in [0.15, 0.2) is 53.1 Å². The number of carbonyl (C=O) groups excluding carboxylic acids is 1. The Balaban J connectivity index is 1.38. The van der Waals surface area contributed by atoms with Crippen LogP contribution in [0.1, 0.15) is 25.2 Å². The van der Waals surface area contributed by atoms with Crippen LogP contribution in [0.25, 0.3) is 11.3 Å². The molecule has 7 heteroatoms. The lowest BCUT2D eigenvalue weighted by Gasteiger charge is -2.21. The van der Waals surface area contributed by atoms with Crippen molar-refractivity contribution in [2.75, 3.05) is 23.3 Å². The minimum absolute atomic E-state index is 0.130. The van der Waals surface area contributed by atoms with Gasteiger partial charge in [0.25, 0.3) is 0 Å². The molecule has 0 aliphatic carbocycles. The molecule has 0 bridgehead atoms. The van der Waals surface area contributed by atoms with Crippen molar-refractivity contribution in [2.24, 2.45) is 0 Å². The first-order chi connectivity index (χ1) is 14.1. The Labute approximate surface area is 173 Å². The Morgan fingerprint density at radius 1 is 1.17 bits per heavy atom. The van der Waals surface area contributed by atoms with Gasteiger partial charge in [0.05, 0.1) is 17.6 Å². The van der Waals surface area contributed by atoms with E-state index in [4.69, 9.17) is 16.0 Å². The van der Waals surface area contributed by atoms with Crippen molar-refractivity contribution in [2.45, 2.75) is 25.7 Å². The molecule has 1 aliphatic heterocycles. The summed E-state index contributed by atoms with van der Waals surface area (Å²) < 4.78 is 18.7. The van der Waals surface area contributed by atoms with Crippen LogP contribution in [-0.2, 0) is 11.2 Å². The first-order valence-corrected chi connectivity index (χ1v) is 10.0. The highest BCUT2D eigenvalue weighted by Gasteiger charge is 2.18. The number of hydrogen-bond acceptors (Lipinski definition) is 4. The van der Waals surface area contributed by atoms with Gasteiger partial charge in [-0.05, 0) is 55.3 Å². The van der Waals surface area contributed by atoms with E-state index in [0.29, 0.717) is 23.1 Å². The molecule has 5 nitrogen and oxygen atoms in total. The van der Waals surface area contributed by atoms with Gasteiger partial charge in [-0.25, -0.2) is 9.37 Å². The Morgan fingerprint density at radius 2 is 1.93 bits per heavy atom. The van der Waals surface area contributed by atoms with Crippen LogP contribution in [0.4, 0.5) is 15.8 Å². The third-order valence-electron chi connectivity index (χ3n) is 4.93. The van der Waals surface area contributed by atoms with Gasteiger partial charge in [0.2, 0.25) is 5.91 Å². The maximum Gasteiger partial charge on any atom is 0.224 e. The van der Waals surface area contributed by atoms with E-state index in [-0.39, 0.29) is 18.1 Å². The standard InChI is InChI=1S/C22H21ClFN3O2/c23-16-5-8-19(27-11-1-2-12-27)18(13-16)26-21(28)9-10-22-25-14-20(29-22)15-3-6-17(24)7-4-15/h3-8,13-14H,1-2,9-12H2,(H,26,28). The smallest absolute Gasteiger partial charge is 0.224 e. The molecule has 3 aromatic rings. The average Bonchev–Trinajstić information content (AvgIpc) is 3.39. The van der Waals surface area contributed by atoms with Crippen molar-refractivity contribution in [1.82, 2.24) is 4.98 Å². The van der Waals surface area contributed by atoms with Crippen LogP contribution >= 0.6 is 11.6 Å². The molecule has 2 heterocycles. The van der Waals surface area contributed by atoms with E-state index in [0.717, 1.165) is 42.9 Å². The molecule has 1 aromatic heterocycles. The number of nitrogens with zero attached hydrogens (tertiary/aromatic N) is 2. The Bertz CT molecular complexity index is 998. The Morgan fingerprint density at radius 3 is 2.69 bits per heavy atom. The summed E-state index contributed by atoms with van der Waals surface area (Å²) in [6, 6.07) is 11.6. The summed E-state index contributed by atoms with van der Waals surface area (Å²) in [6.45, 7) is 1.96. The number of amides is 1. The van der Waals surface area contributed by atoms with Crippen LogP contribution in [0, 0.1) is 5.82 Å². The highest BCUT2D eigenvalue weighted by molar-refractivity contribution is 6.31. The Hall–Kier alpha value is -2.86. The molecule has 1 aliphatic rings. The van der Waals surface area contributed by atoms with Crippen molar-refractivity contribution in [3.63, 3.8) is 0 Å². The number of anilines is 2. The molecule has 0 spiro atoms. The van der Waals surface area contributed by atoms with Crippen LogP contribution in [0.3, 0.4) is 0 Å². The predicted molar refractivity (Wildman–Crippen MR) is 112 cm³/mol. The maximum absolute atomic E-state index is 13.0. The van der Waals surface area contributed by atoms with Crippen LogP contribution < -0.4 is 10.2 Å². The molecular formula is C22H21ClFN3O2. The number of benzene rings is 2. The molecule has 0 atom stereocenters. The normalized spacial score (nSPS) is 13.7. The number of oxazole rings is 1. The fourth-order valence-corrected chi connectivity index (χ4v) is 3.62. The molecule has 2 aromatic carbocycles. The number of nitrogens with one attached hydrogen (secondary N) is 1. The van der Waals surface area contributed by atoms with Gasteiger partial charge >= 0.3 is 0 Å². The first kappa shape index (κ1) is 19.5. The summed E-state index contributed by atoms with van der Waals surface area (Å²) in [6.07, 6.45) is 4.48. The number of halogens is 2. The highest BCUT2D eigenvalue weighted by Crippen LogP contribution is 2.31. The predicted octanol–water partition coefficient (Wildman–Crippen LogP) is 5.31. The quantitative estimate of drug-likeness (QED) is 0.595. The molecule has 1 fully saturated rings. The van der Waals surface area contributed by atoms with Gasteiger partial charge in [-0.3, -0.25) is 4.79 Å². The highest BCUT2D eigenvalue weighted by atomic mass is 35.5. The molecule has 0 unspecified atom stereocenters. The number of hydrogen-bond donors (Lipinski definition) is 1. The third kappa shape index (κ3) is 4.77. The van der Waals surface area contributed by atoms with Crippen molar-refractivity contribution in [1.29, 1.82) is 0 Å². The minimum Gasteiger partial charge on any atom is -0.441 e. The van der Waals surface area contributed by atoms with Crippen LogP contribution in [0.2, 0.25) is 5.02 Å². The molecular weight excluding hydrogens is 393 g/mol. The maximum atomic E-state index is 13.0. The first-order valence-electron chi connectivity index (χ1n) is 9.63. The summed E-state index contributed by atoms with van der Waals surface area (Å²) in [7, 11) is 0. The van der Waals surface area contributed by atoms with Crippen molar-refractivity contribution >= 4 is 28.9 Å². The molecule has 1 N–H and O–H groups in total. The van der Waals surface area contributed by atoms with Crippen LogP contribution in [0.5, 0.6) is 0 Å². The fourth-order valence-electron chi connectivity index (χ4n) is 3.45. The fraction of sp³-hybridized carbons (Fsp3) is 0.273. The van der Waals surface area contributed by atoms with E-state index >= 15 is 0 Å². The van der Waals surface area contributed by atoms with Gasteiger partial charge in [-0.15, -0.1) is 0 Å². The second-order valence-corrected chi connectivity index (χ2v) is 7.47. The number of aryl methyl sites for hydroxylation is 1. The van der Waals surface area contributed by atoms with Crippen molar-refractivity contribution in [3.8, 4) is 11.3 Å². The van der Waals surface area contributed by atoms with E-state index in [1.54, 1.807) is 24.4 Å². The number of rotatable bonds is 6. The van der Waals surface area contributed by atoms with Gasteiger partial charge in [0.15, 0.2) is 11.7 Å². The average molecular weight is 414 g/mol.